The van der Waals surface area contributed by atoms with E-state index in [4.69, 9.17) is 9.47 Å². The lowest BCUT2D eigenvalue weighted by molar-refractivity contribution is -0.384. The minimum absolute atomic E-state index is 0.0705. The molecule has 6 nitrogen and oxygen atoms in total. The maximum Gasteiger partial charge on any atom is 0.514 e. The molecule has 0 heterocycles. The maximum atomic E-state index is 11.6. The van der Waals surface area contributed by atoms with Crippen molar-refractivity contribution in [1.29, 1.82) is 0 Å². The number of hydrogen-bond donors (Lipinski definition) is 0. The molecule has 0 atom stereocenters. The summed E-state index contributed by atoms with van der Waals surface area (Å²) in [7, 11) is 0. The van der Waals surface area contributed by atoms with Crippen molar-refractivity contribution in [1.82, 2.24) is 0 Å². The molecular formula is C18H19NO5. The molecule has 0 aromatic heterocycles. The van der Waals surface area contributed by atoms with Gasteiger partial charge in [-0.1, -0.05) is 37.6 Å². The van der Waals surface area contributed by atoms with E-state index in [-0.39, 0.29) is 18.0 Å². The number of ether oxygens (including phenoxy) is 2. The zero-order chi connectivity index (χ0) is 17.4. The summed E-state index contributed by atoms with van der Waals surface area (Å²) in [5, 5.41) is 10.5. The van der Waals surface area contributed by atoms with E-state index in [1.54, 1.807) is 0 Å². The molecule has 0 aliphatic rings. The molecule has 0 aliphatic carbocycles. The van der Waals surface area contributed by atoms with E-state index in [1.165, 1.54) is 29.8 Å². The van der Waals surface area contributed by atoms with Crippen LogP contribution in [0.25, 0.3) is 0 Å². The Morgan fingerprint density at radius 1 is 1.04 bits per heavy atom. The van der Waals surface area contributed by atoms with E-state index < -0.39 is 11.1 Å². The largest absolute Gasteiger partial charge is 0.514 e. The lowest BCUT2D eigenvalue weighted by Gasteiger charge is -2.07. The molecule has 0 radical (unpaired) electrons. The van der Waals surface area contributed by atoms with Crippen LogP contribution < -0.4 is 4.74 Å². The smallest absolute Gasteiger partial charge is 0.429 e. The Kier molecular flexibility index (Phi) is 6.31. The van der Waals surface area contributed by atoms with Crippen LogP contribution in [0.1, 0.15) is 30.9 Å². The highest BCUT2D eigenvalue weighted by Gasteiger charge is 2.09. The molecule has 0 N–H and O–H groups in total. The summed E-state index contributed by atoms with van der Waals surface area (Å²) in [5.74, 6) is 0.195. The van der Waals surface area contributed by atoms with E-state index >= 15 is 0 Å². The number of rotatable bonds is 7. The Morgan fingerprint density at radius 3 is 2.25 bits per heavy atom. The molecule has 2 rings (SSSR count). The van der Waals surface area contributed by atoms with Crippen molar-refractivity contribution >= 4 is 11.8 Å². The summed E-state index contributed by atoms with van der Waals surface area (Å²) >= 11 is 0. The van der Waals surface area contributed by atoms with Gasteiger partial charge in [-0.05, 0) is 36.1 Å². The van der Waals surface area contributed by atoms with Gasteiger partial charge in [0.1, 0.15) is 12.4 Å². The van der Waals surface area contributed by atoms with Crippen LogP contribution in [0.4, 0.5) is 10.5 Å². The second-order valence-corrected chi connectivity index (χ2v) is 5.31. The van der Waals surface area contributed by atoms with E-state index in [0.717, 1.165) is 24.8 Å². The number of carbonyl (C=O) groups excluding carboxylic acids is 1. The number of hydrogen-bond acceptors (Lipinski definition) is 5. The van der Waals surface area contributed by atoms with Crippen LogP contribution in [0, 0.1) is 10.1 Å². The highest BCUT2D eigenvalue weighted by Crippen LogP contribution is 2.18. The monoisotopic (exact) mass is 329 g/mol. The SMILES string of the molecule is CCCCc1ccc(COC(=O)Oc2ccc([N+](=O)[O-])cc2)cc1. The molecule has 0 saturated heterocycles. The Morgan fingerprint density at radius 2 is 1.67 bits per heavy atom. The highest BCUT2D eigenvalue weighted by molar-refractivity contribution is 5.64. The number of nitro groups is 1. The fraction of sp³-hybridized carbons (Fsp3) is 0.278. The van der Waals surface area contributed by atoms with Gasteiger partial charge in [0, 0.05) is 12.1 Å². The Bertz CT molecular complexity index is 680. The van der Waals surface area contributed by atoms with Crippen LogP contribution in [0.15, 0.2) is 48.5 Å². The van der Waals surface area contributed by atoms with Crippen molar-refractivity contribution in [2.75, 3.05) is 0 Å². The zero-order valence-corrected chi connectivity index (χ0v) is 13.4. The van der Waals surface area contributed by atoms with Crippen molar-refractivity contribution in [2.24, 2.45) is 0 Å². The second kappa shape index (κ2) is 8.67. The minimum Gasteiger partial charge on any atom is -0.429 e. The third kappa shape index (κ3) is 5.39. The molecule has 0 spiro atoms. The van der Waals surface area contributed by atoms with Gasteiger partial charge in [0.05, 0.1) is 4.92 Å². The number of unbranched alkanes of at least 4 members (excludes halogenated alkanes) is 1. The number of aryl methyl sites for hydroxylation is 1. The third-order valence-corrected chi connectivity index (χ3v) is 3.45. The minimum atomic E-state index is -0.848. The lowest BCUT2D eigenvalue weighted by atomic mass is 10.1. The summed E-state index contributed by atoms with van der Waals surface area (Å²) in [6, 6.07) is 13.1. The normalized spacial score (nSPS) is 10.2. The van der Waals surface area contributed by atoms with Crippen LogP contribution in [0.3, 0.4) is 0 Å². The molecule has 126 valence electrons. The van der Waals surface area contributed by atoms with Crippen molar-refractivity contribution < 1.29 is 19.2 Å². The molecule has 0 bridgehead atoms. The topological polar surface area (TPSA) is 78.7 Å². The predicted molar refractivity (Wildman–Crippen MR) is 89.0 cm³/mol. The van der Waals surface area contributed by atoms with Crippen molar-refractivity contribution in [3.05, 3.63) is 69.8 Å². The Labute approximate surface area is 140 Å². The van der Waals surface area contributed by atoms with Gasteiger partial charge in [0.2, 0.25) is 0 Å². The first-order chi connectivity index (χ1) is 11.6. The molecule has 0 amide bonds. The van der Waals surface area contributed by atoms with E-state index in [0.29, 0.717) is 0 Å². The molecular weight excluding hydrogens is 310 g/mol. The van der Waals surface area contributed by atoms with Gasteiger partial charge in [-0.3, -0.25) is 10.1 Å². The number of carbonyl (C=O) groups is 1. The lowest BCUT2D eigenvalue weighted by Crippen LogP contribution is -2.10. The molecule has 0 aliphatic heterocycles. The molecule has 0 fully saturated rings. The van der Waals surface area contributed by atoms with Gasteiger partial charge in [-0.15, -0.1) is 0 Å². The maximum absolute atomic E-state index is 11.6. The van der Waals surface area contributed by atoms with Crippen LogP contribution in [0.5, 0.6) is 5.75 Å². The molecule has 0 unspecified atom stereocenters. The zero-order valence-electron chi connectivity index (χ0n) is 13.4. The first-order valence-electron chi connectivity index (χ1n) is 7.75. The molecule has 2 aromatic carbocycles. The van der Waals surface area contributed by atoms with Gasteiger partial charge in [0.25, 0.3) is 5.69 Å². The molecule has 0 saturated carbocycles. The predicted octanol–water partition coefficient (Wildman–Crippen LogP) is 4.65. The summed E-state index contributed by atoms with van der Waals surface area (Å²) in [4.78, 5) is 21.7. The quantitative estimate of drug-likeness (QED) is 0.320. The van der Waals surface area contributed by atoms with Gasteiger partial charge >= 0.3 is 6.16 Å². The standard InChI is InChI=1S/C18H19NO5/c1-2-3-4-14-5-7-15(8-6-14)13-23-18(20)24-17-11-9-16(10-12-17)19(21)22/h5-12H,2-4,13H2,1H3. The van der Waals surface area contributed by atoms with Crippen molar-refractivity contribution in [2.45, 2.75) is 32.8 Å². The van der Waals surface area contributed by atoms with E-state index in [1.807, 2.05) is 24.3 Å². The van der Waals surface area contributed by atoms with Gasteiger partial charge in [-0.2, -0.15) is 0 Å². The van der Waals surface area contributed by atoms with Crippen LogP contribution in [-0.4, -0.2) is 11.1 Å². The Balaban J connectivity index is 1.81. The van der Waals surface area contributed by atoms with Gasteiger partial charge < -0.3 is 9.47 Å². The summed E-state index contributed by atoms with van der Waals surface area (Å²) < 4.78 is 10.00. The van der Waals surface area contributed by atoms with Crippen LogP contribution >= 0.6 is 0 Å². The van der Waals surface area contributed by atoms with Crippen LogP contribution in [0.2, 0.25) is 0 Å². The Hall–Kier alpha value is -2.89. The average Bonchev–Trinajstić information content (AvgIpc) is 2.59. The average molecular weight is 329 g/mol. The first-order valence-corrected chi connectivity index (χ1v) is 7.75. The van der Waals surface area contributed by atoms with Crippen molar-refractivity contribution in [3.8, 4) is 5.75 Å². The molecule has 24 heavy (non-hydrogen) atoms. The van der Waals surface area contributed by atoms with Gasteiger partial charge in [0.15, 0.2) is 0 Å². The fourth-order valence-corrected chi connectivity index (χ4v) is 2.09. The summed E-state index contributed by atoms with van der Waals surface area (Å²) in [6.45, 7) is 2.26. The number of nitrogens with zero attached hydrogens (tertiary/aromatic N) is 1. The summed E-state index contributed by atoms with van der Waals surface area (Å²) in [6.07, 6.45) is 2.50. The number of benzene rings is 2. The number of nitro benzene ring substituents is 1. The fourth-order valence-electron chi connectivity index (χ4n) is 2.09. The first kappa shape index (κ1) is 17.5. The highest BCUT2D eigenvalue weighted by atomic mass is 16.7. The molecule has 2 aromatic rings. The second-order valence-electron chi connectivity index (χ2n) is 5.31. The van der Waals surface area contributed by atoms with E-state index in [2.05, 4.69) is 6.92 Å². The summed E-state index contributed by atoms with van der Waals surface area (Å²) in [5.41, 5.74) is 2.06. The van der Waals surface area contributed by atoms with Gasteiger partial charge in [-0.25, -0.2) is 4.79 Å². The van der Waals surface area contributed by atoms with Crippen molar-refractivity contribution in [3.63, 3.8) is 0 Å². The number of non-ortho nitro benzene ring substituents is 1. The third-order valence-electron chi connectivity index (χ3n) is 3.45. The molecule has 6 heteroatoms. The van der Waals surface area contributed by atoms with Crippen LogP contribution in [-0.2, 0) is 17.8 Å². The van der Waals surface area contributed by atoms with E-state index in [9.17, 15) is 14.9 Å².